The number of aliphatic carboxylic acids is 1. The van der Waals surface area contributed by atoms with Gasteiger partial charge in [0.1, 0.15) is 17.5 Å². The largest absolute Gasteiger partial charge is 0.497 e. The first-order valence-electron chi connectivity index (χ1n) is 8.99. The third-order valence-electron chi connectivity index (χ3n) is 4.34. The quantitative estimate of drug-likeness (QED) is 0.717. The molecule has 9 nitrogen and oxygen atoms in total. The van der Waals surface area contributed by atoms with Gasteiger partial charge >= 0.3 is 5.97 Å². The molecule has 0 bridgehead atoms. The molecule has 1 amide bonds. The molecule has 30 heavy (non-hydrogen) atoms. The van der Waals surface area contributed by atoms with Crippen molar-refractivity contribution in [2.45, 2.75) is 26.3 Å². The number of thioether (sulfide) groups is 1. The molecule has 1 aromatic carbocycles. The number of rotatable bonds is 4. The molecule has 2 heterocycles. The molecule has 162 valence electrons. The lowest BCUT2D eigenvalue weighted by atomic mass is 9.93. The van der Waals surface area contributed by atoms with Crippen molar-refractivity contribution in [1.82, 2.24) is 4.90 Å². The van der Waals surface area contributed by atoms with E-state index in [-0.39, 0.29) is 5.91 Å². The number of hydrogen-bond acceptors (Lipinski definition) is 8. The Bertz CT molecular complexity index is 906. The number of carboxylic acids is 1. The second kappa shape index (κ2) is 10.1. The normalized spacial score (nSPS) is 17.9. The minimum absolute atomic E-state index is 0.0914. The molecule has 1 unspecified atom stereocenters. The lowest BCUT2D eigenvalue weighted by Gasteiger charge is -2.39. The van der Waals surface area contributed by atoms with Crippen molar-refractivity contribution in [1.29, 1.82) is 0 Å². The third-order valence-corrected chi connectivity index (χ3v) is 5.30. The van der Waals surface area contributed by atoms with E-state index < -0.39 is 18.0 Å². The van der Waals surface area contributed by atoms with Crippen molar-refractivity contribution in [2.75, 3.05) is 27.1 Å². The number of amidine groups is 1. The lowest BCUT2D eigenvalue weighted by molar-refractivity contribution is -0.137. The number of methoxy groups -OCH3 is 3. The number of fused-ring (bicyclic) bond motifs is 1. The van der Waals surface area contributed by atoms with Gasteiger partial charge in [-0.2, -0.15) is 0 Å². The Morgan fingerprint density at radius 3 is 2.47 bits per heavy atom. The zero-order valence-corrected chi connectivity index (χ0v) is 18.2. The summed E-state index contributed by atoms with van der Waals surface area (Å²) in [6, 6.07) is 4.61. The average molecular weight is 436 g/mol. The summed E-state index contributed by atoms with van der Waals surface area (Å²) in [5.74, 6) is 0.366. The van der Waals surface area contributed by atoms with Crippen molar-refractivity contribution in [2.24, 2.45) is 4.99 Å². The van der Waals surface area contributed by atoms with E-state index in [1.54, 1.807) is 44.2 Å². The minimum atomic E-state index is -0.833. The standard InChI is InChI=1S/C18H20N2O5S.C2H4O2/c1-10-15(17(22)25-4)16(20-14(21)7-8-26-18(20)19-10)12-9-11(23-2)5-6-13(12)24-3;1-2(3)4/h5-6,9,16H,7-8H2,1-4H3;1H3,(H,3,4). The van der Waals surface area contributed by atoms with Gasteiger partial charge in [-0.15, -0.1) is 0 Å². The first-order valence-corrected chi connectivity index (χ1v) is 9.97. The number of esters is 1. The number of hydrogen-bond donors (Lipinski definition) is 1. The molecule has 1 saturated heterocycles. The van der Waals surface area contributed by atoms with E-state index in [1.807, 2.05) is 0 Å². The van der Waals surface area contributed by atoms with Crippen molar-refractivity contribution in [3.63, 3.8) is 0 Å². The van der Waals surface area contributed by atoms with Crippen LogP contribution in [0.4, 0.5) is 0 Å². The van der Waals surface area contributed by atoms with Gasteiger partial charge in [0.15, 0.2) is 5.17 Å². The second-order valence-corrected chi connectivity index (χ2v) is 7.34. The Balaban J connectivity index is 0.000000735. The molecule has 1 atom stereocenters. The number of carboxylic acid groups (broad SMARTS) is 1. The molecule has 2 aliphatic rings. The van der Waals surface area contributed by atoms with Crippen LogP contribution in [0.2, 0.25) is 0 Å². The van der Waals surface area contributed by atoms with Gasteiger partial charge < -0.3 is 19.3 Å². The van der Waals surface area contributed by atoms with E-state index in [0.717, 1.165) is 6.92 Å². The number of aliphatic imine (C=N–C) groups is 1. The maximum Gasteiger partial charge on any atom is 0.338 e. The number of nitrogens with zero attached hydrogens (tertiary/aromatic N) is 2. The summed E-state index contributed by atoms with van der Waals surface area (Å²) in [4.78, 5) is 40.3. The topological polar surface area (TPSA) is 115 Å². The van der Waals surface area contributed by atoms with Gasteiger partial charge in [0, 0.05) is 24.7 Å². The SMILES string of the molecule is CC(=O)O.COC(=O)C1=C(C)N=C2SCCC(=O)N2C1c1cc(OC)ccc1OC. The van der Waals surface area contributed by atoms with Crippen LogP contribution >= 0.6 is 11.8 Å². The Labute approximate surface area is 178 Å². The van der Waals surface area contributed by atoms with Crippen LogP contribution in [0, 0.1) is 0 Å². The van der Waals surface area contributed by atoms with Crippen molar-refractivity contribution in [3.8, 4) is 11.5 Å². The summed E-state index contributed by atoms with van der Waals surface area (Å²) < 4.78 is 15.8. The average Bonchev–Trinajstić information content (AvgIpc) is 2.71. The van der Waals surface area contributed by atoms with Crippen LogP contribution in [-0.2, 0) is 19.1 Å². The molecule has 0 spiro atoms. The highest BCUT2D eigenvalue weighted by molar-refractivity contribution is 8.14. The molecule has 0 radical (unpaired) electrons. The molecule has 1 fully saturated rings. The first kappa shape index (κ1) is 23.3. The molecule has 0 aromatic heterocycles. The van der Waals surface area contributed by atoms with Crippen LogP contribution in [-0.4, -0.2) is 60.1 Å². The summed E-state index contributed by atoms with van der Waals surface area (Å²) in [5, 5.41) is 8.00. The van der Waals surface area contributed by atoms with E-state index in [2.05, 4.69) is 4.99 Å². The predicted octanol–water partition coefficient (Wildman–Crippen LogP) is 2.62. The van der Waals surface area contributed by atoms with Gasteiger partial charge in [0.25, 0.3) is 5.97 Å². The van der Waals surface area contributed by atoms with E-state index in [9.17, 15) is 9.59 Å². The number of carbonyl (C=O) groups is 3. The van der Waals surface area contributed by atoms with Gasteiger partial charge in [-0.3, -0.25) is 14.5 Å². The molecule has 2 aliphatic heterocycles. The molecule has 1 N–H and O–H groups in total. The zero-order valence-electron chi connectivity index (χ0n) is 17.4. The van der Waals surface area contributed by atoms with E-state index >= 15 is 0 Å². The predicted molar refractivity (Wildman–Crippen MR) is 112 cm³/mol. The summed E-state index contributed by atoms with van der Waals surface area (Å²) in [7, 11) is 4.42. The highest BCUT2D eigenvalue weighted by atomic mass is 32.2. The van der Waals surface area contributed by atoms with Crippen LogP contribution < -0.4 is 9.47 Å². The fourth-order valence-electron chi connectivity index (χ4n) is 3.11. The van der Waals surface area contributed by atoms with E-state index in [1.165, 1.54) is 18.9 Å². The Kier molecular flexibility index (Phi) is 7.87. The summed E-state index contributed by atoms with van der Waals surface area (Å²) in [6.07, 6.45) is 0.375. The van der Waals surface area contributed by atoms with Crippen molar-refractivity contribution < 1.29 is 33.7 Å². The number of benzene rings is 1. The summed E-state index contributed by atoms with van der Waals surface area (Å²) >= 11 is 1.49. The maximum absolute atomic E-state index is 12.7. The third kappa shape index (κ3) is 4.93. The van der Waals surface area contributed by atoms with Gasteiger partial charge in [0.05, 0.1) is 32.6 Å². The molecule has 10 heteroatoms. The number of amides is 1. The summed E-state index contributed by atoms with van der Waals surface area (Å²) in [6.45, 7) is 2.83. The van der Waals surface area contributed by atoms with Gasteiger partial charge in [-0.05, 0) is 25.1 Å². The smallest absolute Gasteiger partial charge is 0.338 e. The van der Waals surface area contributed by atoms with Gasteiger partial charge in [-0.25, -0.2) is 9.79 Å². The Morgan fingerprint density at radius 1 is 1.23 bits per heavy atom. The fourth-order valence-corrected chi connectivity index (χ4v) is 4.12. The molecular weight excluding hydrogens is 412 g/mol. The fraction of sp³-hybridized carbons (Fsp3) is 0.400. The monoisotopic (exact) mass is 436 g/mol. The zero-order chi connectivity index (χ0) is 22.4. The summed E-state index contributed by atoms with van der Waals surface area (Å²) in [5.41, 5.74) is 1.49. The van der Waals surface area contributed by atoms with E-state index in [0.29, 0.717) is 45.7 Å². The highest BCUT2D eigenvalue weighted by Gasteiger charge is 2.42. The Hall–Kier alpha value is -3.01. The minimum Gasteiger partial charge on any atom is -0.497 e. The Morgan fingerprint density at radius 2 is 1.90 bits per heavy atom. The molecule has 3 rings (SSSR count). The van der Waals surface area contributed by atoms with Gasteiger partial charge in [-0.1, -0.05) is 11.8 Å². The lowest BCUT2D eigenvalue weighted by Crippen LogP contribution is -2.45. The maximum atomic E-state index is 12.7. The highest BCUT2D eigenvalue weighted by Crippen LogP contribution is 2.44. The van der Waals surface area contributed by atoms with Crippen LogP contribution in [0.5, 0.6) is 11.5 Å². The second-order valence-electron chi connectivity index (χ2n) is 6.28. The van der Waals surface area contributed by atoms with Crippen LogP contribution in [0.1, 0.15) is 31.9 Å². The number of carbonyl (C=O) groups excluding carboxylic acids is 2. The molecule has 0 saturated carbocycles. The first-order chi connectivity index (χ1) is 14.2. The number of allylic oxidation sites excluding steroid dienone is 1. The van der Waals surface area contributed by atoms with Crippen LogP contribution in [0.25, 0.3) is 0 Å². The molecular formula is C20H24N2O7S. The van der Waals surface area contributed by atoms with Crippen LogP contribution in [0.15, 0.2) is 34.5 Å². The van der Waals surface area contributed by atoms with E-state index in [4.69, 9.17) is 24.1 Å². The van der Waals surface area contributed by atoms with Crippen molar-refractivity contribution >= 4 is 34.8 Å². The van der Waals surface area contributed by atoms with Crippen molar-refractivity contribution in [3.05, 3.63) is 35.0 Å². The number of ether oxygens (including phenoxy) is 3. The molecule has 1 aromatic rings. The van der Waals surface area contributed by atoms with Crippen LogP contribution in [0.3, 0.4) is 0 Å². The van der Waals surface area contributed by atoms with Gasteiger partial charge in [0.2, 0.25) is 5.91 Å². The molecule has 0 aliphatic carbocycles.